The summed E-state index contributed by atoms with van der Waals surface area (Å²) in [7, 11) is 0. The number of aromatic nitrogens is 1. The second kappa shape index (κ2) is 7.09. The number of amides is 2. The van der Waals surface area contributed by atoms with Crippen molar-refractivity contribution in [1.29, 1.82) is 0 Å². The molecule has 6 nitrogen and oxygen atoms in total. The number of thiazole rings is 1. The number of carbonyl (C=O) groups is 2. The first-order valence-electron chi connectivity index (χ1n) is 7.49. The Hall–Kier alpha value is -1.63. The van der Waals surface area contributed by atoms with Crippen molar-refractivity contribution in [3.8, 4) is 0 Å². The summed E-state index contributed by atoms with van der Waals surface area (Å²) in [5.74, 6) is -0.00214. The lowest BCUT2D eigenvalue weighted by molar-refractivity contribution is -0.126. The first kappa shape index (κ1) is 16.7. The van der Waals surface area contributed by atoms with Crippen molar-refractivity contribution in [1.82, 2.24) is 15.2 Å². The topological polar surface area (TPSA) is 71.5 Å². The highest BCUT2D eigenvalue weighted by Crippen LogP contribution is 2.20. The molecule has 7 heteroatoms. The number of rotatable bonds is 3. The smallest absolute Gasteiger partial charge is 0.410 e. The Labute approximate surface area is 134 Å². The maximum atomic E-state index is 12.1. The molecule has 122 valence electrons. The molecule has 22 heavy (non-hydrogen) atoms. The van der Waals surface area contributed by atoms with Gasteiger partial charge in [0, 0.05) is 30.6 Å². The highest BCUT2D eigenvalue weighted by atomic mass is 32.1. The Balaban J connectivity index is 1.74. The fraction of sp³-hybridized carbons (Fsp3) is 0.667. The monoisotopic (exact) mass is 325 g/mol. The van der Waals surface area contributed by atoms with Crippen LogP contribution in [0.2, 0.25) is 0 Å². The van der Waals surface area contributed by atoms with Gasteiger partial charge in [-0.2, -0.15) is 0 Å². The highest BCUT2D eigenvalue weighted by molar-refractivity contribution is 7.09. The van der Waals surface area contributed by atoms with E-state index < -0.39 is 5.60 Å². The predicted octanol–water partition coefficient (Wildman–Crippen LogP) is 2.41. The minimum atomic E-state index is -0.487. The van der Waals surface area contributed by atoms with Crippen LogP contribution in [0.1, 0.15) is 38.6 Å². The molecular weight excluding hydrogens is 302 g/mol. The summed E-state index contributed by atoms with van der Waals surface area (Å²) in [4.78, 5) is 29.9. The van der Waals surface area contributed by atoms with E-state index in [4.69, 9.17) is 4.74 Å². The fourth-order valence-electron chi connectivity index (χ4n) is 2.30. The van der Waals surface area contributed by atoms with E-state index in [1.165, 1.54) is 11.3 Å². The van der Waals surface area contributed by atoms with Crippen LogP contribution in [0.5, 0.6) is 0 Å². The maximum absolute atomic E-state index is 12.1. The molecule has 2 rings (SSSR count). The van der Waals surface area contributed by atoms with Gasteiger partial charge in [-0.3, -0.25) is 4.79 Å². The number of nitrogens with one attached hydrogen (secondary N) is 1. The molecule has 0 unspecified atom stereocenters. The van der Waals surface area contributed by atoms with Gasteiger partial charge in [-0.15, -0.1) is 11.3 Å². The minimum absolute atomic E-state index is 0.0408. The van der Waals surface area contributed by atoms with Gasteiger partial charge in [-0.1, -0.05) is 0 Å². The largest absolute Gasteiger partial charge is 0.444 e. The van der Waals surface area contributed by atoms with Crippen molar-refractivity contribution in [2.75, 3.05) is 13.1 Å². The number of ether oxygens (including phenoxy) is 1. The molecule has 0 atom stereocenters. The van der Waals surface area contributed by atoms with E-state index >= 15 is 0 Å². The molecule has 0 aliphatic carbocycles. The Morgan fingerprint density at radius 1 is 1.41 bits per heavy atom. The first-order chi connectivity index (χ1) is 10.3. The standard InChI is InChI=1S/C15H23N3O3S/c1-15(2,3)21-14(20)18-7-4-11(5-8-18)13(19)17-10-12-16-6-9-22-12/h6,9,11H,4-5,7-8,10H2,1-3H3,(H,17,19). The van der Waals surface area contributed by atoms with Gasteiger partial charge in [0.15, 0.2) is 0 Å². The Morgan fingerprint density at radius 3 is 2.64 bits per heavy atom. The maximum Gasteiger partial charge on any atom is 0.410 e. The zero-order chi connectivity index (χ0) is 16.2. The van der Waals surface area contributed by atoms with E-state index in [9.17, 15) is 9.59 Å². The molecule has 1 fully saturated rings. The first-order valence-corrected chi connectivity index (χ1v) is 8.37. The summed E-state index contributed by atoms with van der Waals surface area (Å²) in [6.45, 7) is 7.15. The summed E-state index contributed by atoms with van der Waals surface area (Å²) in [6, 6.07) is 0. The lowest BCUT2D eigenvalue weighted by Crippen LogP contribution is -2.44. The Morgan fingerprint density at radius 2 is 2.09 bits per heavy atom. The average Bonchev–Trinajstić information content (AvgIpc) is 2.96. The summed E-state index contributed by atoms with van der Waals surface area (Å²) in [5, 5.41) is 5.70. The predicted molar refractivity (Wildman–Crippen MR) is 84.5 cm³/mol. The number of hydrogen-bond donors (Lipinski definition) is 1. The third-order valence-corrected chi connectivity index (χ3v) is 4.19. The molecular formula is C15H23N3O3S. The zero-order valence-electron chi connectivity index (χ0n) is 13.3. The molecule has 1 aliphatic rings. The van der Waals surface area contributed by atoms with E-state index in [0.29, 0.717) is 32.5 Å². The number of carbonyl (C=O) groups excluding carboxylic acids is 2. The molecule has 0 spiro atoms. The quantitative estimate of drug-likeness (QED) is 0.926. The van der Waals surface area contributed by atoms with Crippen LogP contribution in [0.25, 0.3) is 0 Å². The summed E-state index contributed by atoms with van der Waals surface area (Å²) in [5.41, 5.74) is -0.487. The molecule has 1 aromatic heterocycles. The van der Waals surface area contributed by atoms with Crippen LogP contribution < -0.4 is 5.32 Å². The number of piperidine rings is 1. The van der Waals surface area contributed by atoms with Gasteiger partial charge in [0.25, 0.3) is 0 Å². The number of hydrogen-bond acceptors (Lipinski definition) is 5. The van der Waals surface area contributed by atoms with Crippen molar-refractivity contribution in [3.05, 3.63) is 16.6 Å². The van der Waals surface area contributed by atoms with Gasteiger partial charge >= 0.3 is 6.09 Å². The zero-order valence-corrected chi connectivity index (χ0v) is 14.1. The van der Waals surface area contributed by atoms with Crippen molar-refractivity contribution in [3.63, 3.8) is 0 Å². The third-order valence-electron chi connectivity index (χ3n) is 3.41. The normalized spacial score (nSPS) is 16.4. The number of likely N-dealkylation sites (tertiary alicyclic amines) is 1. The third kappa shape index (κ3) is 4.98. The SMILES string of the molecule is CC(C)(C)OC(=O)N1CCC(C(=O)NCc2nccs2)CC1. The molecule has 1 aliphatic heterocycles. The molecule has 0 aromatic carbocycles. The lowest BCUT2D eigenvalue weighted by atomic mass is 9.96. The van der Waals surface area contributed by atoms with Crippen LogP contribution in [-0.4, -0.2) is 40.6 Å². The van der Waals surface area contributed by atoms with Gasteiger partial charge in [0.05, 0.1) is 6.54 Å². The van der Waals surface area contributed by atoms with Crippen LogP contribution in [0, 0.1) is 5.92 Å². The molecule has 1 aromatic rings. The van der Waals surface area contributed by atoms with E-state index in [1.807, 2.05) is 26.2 Å². The van der Waals surface area contributed by atoms with Crippen molar-refractivity contribution in [2.45, 2.75) is 45.8 Å². The lowest BCUT2D eigenvalue weighted by Gasteiger charge is -2.32. The average molecular weight is 325 g/mol. The van der Waals surface area contributed by atoms with Gasteiger partial charge < -0.3 is 15.0 Å². The van der Waals surface area contributed by atoms with Gasteiger partial charge in [-0.25, -0.2) is 9.78 Å². The molecule has 1 N–H and O–H groups in total. The van der Waals surface area contributed by atoms with E-state index in [-0.39, 0.29) is 17.9 Å². The van der Waals surface area contributed by atoms with Crippen molar-refractivity contribution < 1.29 is 14.3 Å². The summed E-state index contributed by atoms with van der Waals surface area (Å²) in [6.07, 6.45) is 2.77. The van der Waals surface area contributed by atoms with E-state index in [0.717, 1.165) is 5.01 Å². The van der Waals surface area contributed by atoms with Crippen molar-refractivity contribution >= 4 is 23.3 Å². The summed E-state index contributed by atoms with van der Waals surface area (Å²) < 4.78 is 5.35. The molecule has 2 heterocycles. The van der Waals surface area contributed by atoms with Gasteiger partial charge in [0.1, 0.15) is 10.6 Å². The second-order valence-corrected chi connectivity index (χ2v) is 7.36. The van der Waals surface area contributed by atoms with Gasteiger partial charge in [-0.05, 0) is 33.6 Å². The summed E-state index contributed by atoms with van der Waals surface area (Å²) >= 11 is 1.53. The molecule has 0 radical (unpaired) electrons. The van der Waals surface area contributed by atoms with Crippen LogP contribution in [0.15, 0.2) is 11.6 Å². The minimum Gasteiger partial charge on any atom is -0.444 e. The molecule has 0 bridgehead atoms. The Kier molecular flexibility index (Phi) is 5.39. The van der Waals surface area contributed by atoms with E-state index in [1.54, 1.807) is 11.1 Å². The van der Waals surface area contributed by atoms with E-state index in [2.05, 4.69) is 10.3 Å². The van der Waals surface area contributed by atoms with Gasteiger partial charge in [0.2, 0.25) is 5.91 Å². The fourth-order valence-corrected chi connectivity index (χ4v) is 2.85. The second-order valence-electron chi connectivity index (χ2n) is 6.39. The van der Waals surface area contributed by atoms with Crippen LogP contribution >= 0.6 is 11.3 Å². The Bertz CT molecular complexity index is 503. The molecule has 0 saturated carbocycles. The van der Waals surface area contributed by atoms with Crippen molar-refractivity contribution in [2.24, 2.45) is 5.92 Å². The van der Waals surface area contributed by atoms with Crippen LogP contribution in [0.3, 0.4) is 0 Å². The van der Waals surface area contributed by atoms with Crippen LogP contribution in [0.4, 0.5) is 4.79 Å². The highest BCUT2D eigenvalue weighted by Gasteiger charge is 2.29. The molecule has 1 saturated heterocycles. The number of nitrogens with zero attached hydrogens (tertiary/aromatic N) is 2. The molecule has 2 amide bonds. The van der Waals surface area contributed by atoms with Crippen LogP contribution in [-0.2, 0) is 16.1 Å².